The number of nitro benzene ring substituents is 1. The fourth-order valence-corrected chi connectivity index (χ4v) is 9.33. The number of rotatable bonds is 11. The third-order valence-corrected chi connectivity index (χ3v) is 12.8. The van der Waals surface area contributed by atoms with Crippen LogP contribution in [0.5, 0.6) is 34.5 Å². The van der Waals surface area contributed by atoms with E-state index in [1.54, 1.807) is 19.1 Å². The molecule has 5 aliphatic heterocycles. The monoisotopic (exact) mass is 958 g/mol. The molecule has 4 fully saturated rings. The lowest BCUT2D eigenvalue weighted by atomic mass is 9.66. The zero-order valence-electron chi connectivity index (χ0n) is 36.3. The third kappa shape index (κ3) is 8.22. The van der Waals surface area contributed by atoms with Crippen molar-refractivity contribution in [2.75, 3.05) is 46.2 Å². The Hall–Kier alpha value is -6.13. The van der Waals surface area contributed by atoms with Crippen LogP contribution < -0.4 is 33.3 Å². The van der Waals surface area contributed by atoms with Crippen molar-refractivity contribution in [3.63, 3.8) is 0 Å². The smallest absolute Gasteiger partial charge is 0.419 e. The fourth-order valence-electron chi connectivity index (χ4n) is 9.33. The molecule has 25 heteroatoms. The number of fused-ring (bicyclic) bond motifs is 4. The maximum absolute atomic E-state index is 14.0. The van der Waals surface area contributed by atoms with Crippen LogP contribution in [-0.4, -0.2) is 163 Å². The molecule has 0 radical (unpaired) electrons. The molecule has 4 saturated heterocycles. The summed E-state index contributed by atoms with van der Waals surface area (Å²) in [6.45, 7) is 1.49. The van der Waals surface area contributed by atoms with Gasteiger partial charge in [-0.2, -0.15) is 0 Å². The number of nitro groups is 1. The second-order valence-corrected chi connectivity index (χ2v) is 16.7. The maximum atomic E-state index is 14.0. The van der Waals surface area contributed by atoms with Gasteiger partial charge in [0.1, 0.15) is 48.5 Å². The molecule has 0 bridgehead atoms. The van der Waals surface area contributed by atoms with Crippen LogP contribution in [0, 0.1) is 22.0 Å². The van der Waals surface area contributed by atoms with E-state index in [0.29, 0.717) is 28.2 Å². The molecular formula is C43H46N2O23. The van der Waals surface area contributed by atoms with Gasteiger partial charge in [-0.25, -0.2) is 9.59 Å². The number of amides is 1. The van der Waals surface area contributed by atoms with E-state index in [1.807, 2.05) is 0 Å². The van der Waals surface area contributed by atoms with E-state index in [1.165, 1.54) is 26.4 Å². The van der Waals surface area contributed by atoms with Crippen molar-refractivity contribution in [1.29, 1.82) is 0 Å². The molecule has 1 amide bonds. The number of ether oxygens (including phenoxy) is 12. The van der Waals surface area contributed by atoms with Gasteiger partial charge in [0.05, 0.1) is 50.1 Å². The number of anilines is 1. The first-order chi connectivity index (χ1) is 32.5. The average Bonchev–Trinajstić information content (AvgIpc) is 3.95. The summed E-state index contributed by atoms with van der Waals surface area (Å²) in [5.74, 6) is -4.91. The fraction of sp³-hybridized carbons (Fsp3) is 0.512. The minimum Gasteiger partial charge on any atom is -0.493 e. The summed E-state index contributed by atoms with van der Waals surface area (Å²) in [5, 5.41) is 74.8. The molecule has 1 aliphatic carbocycles. The van der Waals surface area contributed by atoms with Gasteiger partial charge < -0.3 is 87.5 Å². The molecule has 68 heavy (non-hydrogen) atoms. The number of cyclic esters (lactones) is 1. The molecule has 6 N–H and O–H groups in total. The molecule has 0 aromatic heterocycles. The molecule has 6 aliphatic rings. The van der Waals surface area contributed by atoms with Crippen molar-refractivity contribution in [1.82, 2.24) is 0 Å². The van der Waals surface area contributed by atoms with Crippen LogP contribution in [0.25, 0.3) is 0 Å². The highest BCUT2D eigenvalue weighted by Crippen LogP contribution is 2.57. The number of hydrogen-bond acceptors (Lipinski definition) is 22. The van der Waals surface area contributed by atoms with Crippen molar-refractivity contribution >= 4 is 29.4 Å². The predicted octanol–water partition coefficient (Wildman–Crippen LogP) is 0.447. The number of methoxy groups -OCH3 is 2. The highest BCUT2D eigenvalue weighted by atomic mass is 16.8. The summed E-state index contributed by atoms with van der Waals surface area (Å²) >= 11 is 0. The quantitative estimate of drug-likeness (QED) is 0.0863. The summed E-state index contributed by atoms with van der Waals surface area (Å²) in [4.78, 5) is 51.5. The molecule has 3 aromatic carbocycles. The number of benzene rings is 3. The Morgan fingerprint density at radius 3 is 2.15 bits per heavy atom. The standard InChI is InChI=1S/C43H46N2O23/c1-15-59-13-27-37(63-15)32(48)34(50)42(65-27)66-35-19-11-24-23(61-14-62-24)10-18(19)28(29-20(35)12-60-40(29)53)16-7-25(57-3)36(26(8-16)58-4)68-43(54)44(2)21-9-17(45(55)56)5-6-22(21)64-41-33(49)30(46)31(47)38(67-41)39(51)52/h5-11,15,20,27-35,37-38,41-42,46-50H,12-14H2,1-4H3,(H,51,52)/t15?,20-,27?,28+,29-,30?,31?,32+,33?,34?,35?,37-,38?,41?,42-/m0/s1. The molecule has 9 rings (SSSR count). The summed E-state index contributed by atoms with van der Waals surface area (Å²) < 4.78 is 69.3. The summed E-state index contributed by atoms with van der Waals surface area (Å²) in [5.41, 5.74) is 0.550. The topological polar surface area (TPSA) is 330 Å². The Balaban J connectivity index is 1.04. The van der Waals surface area contributed by atoms with Gasteiger partial charge in [0.2, 0.25) is 18.8 Å². The number of aliphatic hydroxyl groups excluding tert-OH is 5. The number of nitrogens with zero attached hydrogens (tertiary/aromatic N) is 2. The van der Waals surface area contributed by atoms with E-state index in [-0.39, 0.29) is 48.7 Å². The van der Waals surface area contributed by atoms with Gasteiger partial charge in [0, 0.05) is 31.0 Å². The lowest BCUT2D eigenvalue weighted by Gasteiger charge is -2.47. The van der Waals surface area contributed by atoms with Crippen LogP contribution in [0.1, 0.15) is 35.6 Å². The number of aliphatic carboxylic acids is 1. The van der Waals surface area contributed by atoms with Gasteiger partial charge in [-0.15, -0.1) is 0 Å². The predicted molar refractivity (Wildman–Crippen MR) is 219 cm³/mol. The van der Waals surface area contributed by atoms with Crippen LogP contribution in [0.15, 0.2) is 42.5 Å². The second-order valence-electron chi connectivity index (χ2n) is 16.7. The van der Waals surface area contributed by atoms with E-state index in [2.05, 4.69) is 0 Å². The van der Waals surface area contributed by atoms with Crippen LogP contribution in [0.3, 0.4) is 0 Å². The number of carboxylic acids is 1. The van der Waals surface area contributed by atoms with Gasteiger partial charge in [-0.1, -0.05) is 0 Å². The molecule has 3 aromatic rings. The Morgan fingerprint density at radius 2 is 1.49 bits per heavy atom. The van der Waals surface area contributed by atoms with Gasteiger partial charge >= 0.3 is 18.0 Å². The van der Waals surface area contributed by atoms with Crippen molar-refractivity contribution in [3.8, 4) is 34.5 Å². The van der Waals surface area contributed by atoms with Gasteiger partial charge in [-0.05, 0) is 53.9 Å². The summed E-state index contributed by atoms with van der Waals surface area (Å²) in [6, 6.07) is 9.34. The van der Waals surface area contributed by atoms with E-state index >= 15 is 0 Å². The first kappa shape index (κ1) is 47.0. The van der Waals surface area contributed by atoms with Crippen LogP contribution in [-0.2, 0) is 38.0 Å². The Kier molecular flexibility index (Phi) is 12.7. The normalized spacial score (nSPS) is 33.5. The number of carbonyl (C=O) groups excluding carboxylic acids is 2. The molecule has 0 spiro atoms. The van der Waals surface area contributed by atoms with Crippen molar-refractivity contribution in [2.24, 2.45) is 11.8 Å². The van der Waals surface area contributed by atoms with Crippen molar-refractivity contribution in [3.05, 3.63) is 69.3 Å². The van der Waals surface area contributed by atoms with E-state index in [9.17, 15) is 55.1 Å². The molecule has 25 nitrogen and oxygen atoms in total. The highest BCUT2D eigenvalue weighted by Gasteiger charge is 2.56. The highest BCUT2D eigenvalue weighted by molar-refractivity contribution is 5.92. The van der Waals surface area contributed by atoms with E-state index < -0.39 is 120 Å². The number of esters is 1. The largest absolute Gasteiger partial charge is 0.493 e. The van der Waals surface area contributed by atoms with Gasteiger partial charge in [-0.3, -0.25) is 19.8 Å². The number of aliphatic hydroxyl groups is 5. The number of carbonyl (C=O) groups is 3. The average molecular weight is 959 g/mol. The van der Waals surface area contributed by atoms with E-state index in [0.717, 1.165) is 30.1 Å². The van der Waals surface area contributed by atoms with Gasteiger partial charge in [0.25, 0.3) is 5.69 Å². The molecule has 9 unspecified atom stereocenters. The first-order valence-electron chi connectivity index (χ1n) is 21.1. The first-order valence-corrected chi connectivity index (χ1v) is 21.1. The summed E-state index contributed by atoms with van der Waals surface area (Å²) in [6.07, 6.45) is -19.0. The van der Waals surface area contributed by atoms with Crippen molar-refractivity contribution < 1.29 is 107 Å². The Morgan fingerprint density at radius 1 is 0.809 bits per heavy atom. The zero-order chi connectivity index (χ0) is 48.5. The molecule has 15 atom stereocenters. The van der Waals surface area contributed by atoms with Crippen LogP contribution in [0.2, 0.25) is 0 Å². The number of hydrogen-bond donors (Lipinski definition) is 6. The molecule has 366 valence electrons. The van der Waals surface area contributed by atoms with Crippen LogP contribution >= 0.6 is 0 Å². The molecule has 0 saturated carbocycles. The van der Waals surface area contributed by atoms with E-state index in [4.69, 9.17) is 56.8 Å². The Bertz CT molecular complexity index is 2440. The minimum absolute atomic E-state index is 0.0518. The summed E-state index contributed by atoms with van der Waals surface area (Å²) in [7, 11) is 3.70. The Labute approximate surface area is 384 Å². The molecule has 5 heterocycles. The molecular weight excluding hydrogens is 912 g/mol. The lowest BCUT2D eigenvalue weighted by Crippen LogP contribution is -2.63. The zero-order valence-corrected chi connectivity index (χ0v) is 36.3. The number of non-ortho nitro benzene ring substituents is 1. The number of carboxylic acid groups (broad SMARTS) is 1. The maximum Gasteiger partial charge on any atom is 0.419 e. The SMILES string of the molecule is COc1cc([C@@H]2c3cc4c(cc3C(O[C@@H]3OC5COC(C)O[C@@H]5[C@H](O)C3O)[C@H]3COC(=O)[C@H]23)OCO4)cc(OC)c1OC(=O)N(C)c1cc([N+](=O)[O-])ccc1OC1OC(C(=O)O)C(O)C(O)C1O. The van der Waals surface area contributed by atoms with Crippen LogP contribution in [0.4, 0.5) is 16.2 Å². The lowest BCUT2D eigenvalue weighted by molar-refractivity contribution is -0.384. The van der Waals surface area contributed by atoms with Crippen molar-refractivity contribution in [2.45, 2.75) is 86.6 Å². The second kappa shape index (κ2) is 18.4. The third-order valence-electron chi connectivity index (χ3n) is 12.8. The van der Waals surface area contributed by atoms with Gasteiger partial charge in [0.15, 0.2) is 41.7 Å². The minimum atomic E-state index is -2.05.